The molecule has 10 nitrogen and oxygen atoms in total. The summed E-state index contributed by atoms with van der Waals surface area (Å²) in [5.74, 6) is -1.08. The van der Waals surface area contributed by atoms with Crippen molar-refractivity contribution in [2.24, 2.45) is 11.5 Å². The molecular formula is C21H19N7O3. The first-order valence-electron chi connectivity index (χ1n) is 9.21. The van der Waals surface area contributed by atoms with Gasteiger partial charge in [-0.05, 0) is 35.4 Å². The van der Waals surface area contributed by atoms with Gasteiger partial charge in [0, 0.05) is 12.1 Å². The lowest BCUT2D eigenvalue weighted by atomic mass is 10.0. The Balaban J connectivity index is 1.92. The minimum Gasteiger partial charge on any atom is -0.364 e. The van der Waals surface area contributed by atoms with Crippen molar-refractivity contribution in [1.82, 2.24) is 15.1 Å². The maximum absolute atomic E-state index is 12.3. The Labute approximate surface area is 177 Å². The van der Waals surface area contributed by atoms with E-state index in [1.54, 1.807) is 36.4 Å². The molecule has 0 fully saturated rings. The Morgan fingerprint density at radius 3 is 2.45 bits per heavy atom. The highest BCUT2D eigenvalue weighted by molar-refractivity contribution is 6.00. The van der Waals surface area contributed by atoms with Crippen LogP contribution in [-0.2, 0) is 0 Å². The molecule has 2 aromatic carbocycles. The molecule has 0 bridgehead atoms. The van der Waals surface area contributed by atoms with Gasteiger partial charge in [0.25, 0.3) is 11.8 Å². The molecule has 1 aromatic heterocycles. The number of aromatic nitrogens is 2. The summed E-state index contributed by atoms with van der Waals surface area (Å²) in [5.41, 5.74) is 13.1. The first kappa shape index (κ1) is 21.1. The molecule has 6 N–H and O–H groups in total. The molecule has 0 saturated heterocycles. The van der Waals surface area contributed by atoms with Crippen molar-refractivity contribution in [1.29, 1.82) is 5.26 Å². The summed E-state index contributed by atoms with van der Waals surface area (Å²) in [6.07, 6.45) is 1.67. The van der Waals surface area contributed by atoms with Gasteiger partial charge in [0.1, 0.15) is 0 Å². The van der Waals surface area contributed by atoms with Crippen LogP contribution < -0.4 is 22.1 Å². The van der Waals surface area contributed by atoms with Crippen molar-refractivity contribution in [2.45, 2.75) is 6.42 Å². The second kappa shape index (κ2) is 9.23. The average molecular weight is 417 g/mol. The van der Waals surface area contributed by atoms with Crippen LogP contribution in [0.25, 0.3) is 16.8 Å². The van der Waals surface area contributed by atoms with Crippen molar-refractivity contribution in [3.8, 4) is 22.9 Å². The summed E-state index contributed by atoms with van der Waals surface area (Å²) in [6, 6.07) is 15.4. The molecule has 4 amide bonds. The number of nitrogens with one attached hydrogen (secondary N) is 2. The number of nitrogens with zero attached hydrogens (tertiary/aromatic N) is 3. The quantitative estimate of drug-likeness (QED) is 0.429. The number of rotatable bonds is 7. The highest BCUT2D eigenvalue weighted by Gasteiger charge is 2.16. The van der Waals surface area contributed by atoms with Crippen molar-refractivity contribution in [3.05, 3.63) is 66.0 Å². The summed E-state index contributed by atoms with van der Waals surface area (Å²) in [4.78, 5) is 35.1. The van der Waals surface area contributed by atoms with Crippen LogP contribution in [0.2, 0.25) is 0 Å². The Morgan fingerprint density at radius 1 is 1.06 bits per heavy atom. The van der Waals surface area contributed by atoms with Crippen LogP contribution in [0.5, 0.6) is 0 Å². The third kappa shape index (κ3) is 5.04. The molecule has 0 radical (unpaired) electrons. The Kier molecular flexibility index (Phi) is 6.27. The maximum Gasteiger partial charge on any atom is 0.316 e. The molecule has 0 atom stereocenters. The van der Waals surface area contributed by atoms with Gasteiger partial charge in [0.15, 0.2) is 5.69 Å². The van der Waals surface area contributed by atoms with E-state index >= 15 is 0 Å². The molecule has 10 heteroatoms. The summed E-state index contributed by atoms with van der Waals surface area (Å²) >= 11 is 0. The number of carbonyl (C=O) groups is 3. The molecule has 0 saturated carbocycles. The van der Waals surface area contributed by atoms with Crippen LogP contribution in [0.1, 0.15) is 27.3 Å². The summed E-state index contributed by atoms with van der Waals surface area (Å²) < 4.78 is 1.40. The van der Waals surface area contributed by atoms with Gasteiger partial charge in [-0.25, -0.2) is 9.48 Å². The number of amides is 4. The Morgan fingerprint density at radius 2 is 1.77 bits per heavy atom. The van der Waals surface area contributed by atoms with Crippen LogP contribution in [0.3, 0.4) is 0 Å². The van der Waals surface area contributed by atoms with E-state index in [0.717, 1.165) is 11.1 Å². The minimum absolute atomic E-state index is 0.0986. The smallest absolute Gasteiger partial charge is 0.316 e. The molecule has 0 aliphatic heterocycles. The van der Waals surface area contributed by atoms with Gasteiger partial charge < -0.3 is 22.1 Å². The zero-order valence-corrected chi connectivity index (χ0v) is 16.3. The van der Waals surface area contributed by atoms with Gasteiger partial charge >= 0.3 is 6.03 Å². The van der Waals surface area contributed by atoms with E-state index in [0.29, 0.717) is 11.3 Å². The monoisotopic (exact) mass is 417 g/mol. The van der Waals surface area contributed by atoms with Gasteiger partial charge in [0.2, 0.25) is 0 Å². The summed E-state index contributed by atoms with van der Waals surface area (Å²) in [7, 11) is 0. The van der Waals surface area contributed by atoms with Crippen LogP contribution in [0, 0.1) is 11.3 Å². The zero-order chi connectivity index (χ0) is 22.4. The summed E-state index contributed by atoms with van der Waals surface area (Å²) in [5, 5.41) is 17.7. The van der Waals surface area contributed by atoms with Crippen LogP contribution >= 0.6 is 0 Å². The Bertz CT molecular complexity index is 1190. The van der Waals surface area contributed by atoms with Crippen LogP contribution in [0.15, 0.2) is 54.7 Å². The zero-order valence-electron chi connectivity index (χ0n) is 16.3. The van der Waals surface area contributed by atoms with E-state index in [4.69, 9.17) is 16.7 Å². The number of carbonyl (C=O) groups excluding carboxylic acids is 3. The maximum atomic E-state index is 12.3. The number of hydrogen-bond acceptors (Lipinski definition) is 5. The van der Waals surface area contributed by atoms with E-state index in [9.17, 15) is 14.4 Å². The first-order chi connectivity index (χ1) is 14.9. The number of nitriles is 1. The van der Waals surface area contributed by atoms with Crippen LogP contribution in [-0.4, -0.2) is 34.2 Å². The molecule has 156 valence electrons. The molecule has 0 spiro atoms. The van der Waals surface area contributed by atoms with Crippen molar-refractivity contribution in [3.63, 3.8) is 0 Å². The fourth-order valence-electron chi connectivity index (χ4n) is 2.91. The topological polar surface area (TPSA) is 169 Å². The van der Waals surface area contributed by atoms with Gasteiger partial charge in [-0.15, -0.1) is 0 Å². The number of anilines is 1. The predicted molar refractivity (Wildman–Crippen MR) is 113 cm³/mol. The lowest BCUT2D eigenvalue weighted by Gasteiger charge is -2.08. The van der Waals surface area contributed by atoms with E-state index < -0.39 is 11.9 Å². The molecule has 0 aliphatic carbocycles. The van der Waals surface area contributed by atoms with Crippen molar-refractivity contribution < 1.29 is 14.4 Å². The number of nitrogens with two attached hydrogens (primary N) is 2. The molecule has 0 unspecified atom stereocenters. The van der Waals surface area contributed by atoms with Gasteiger partial charge in [0.05, 0.1) is 30.1 Å². The highest BCUT2D eigenvalue weighted by Crippen LogP contribution is 2.24. The highest BCUT2D eigenvalue weighted by atomic mass is 16.2. The van der Waals surface area contributed by atoms with E-state index in [1.807, 2.05) is 18.2 Å². The van der Waals surface area contributed by atoms with Crippen LogP contribution in [0.4, 0.5) is 10.5 Å². The molecule has 31 heavy (non-hydrogen) atoms. The number of benzene rings is 2. The third-order valence-corrected chi connectivity index (χ3v) is 4.30. The predicted octanol–water partition coefficient (Wildman–Crippen LogP) is 1.77. The number of primary amides is 2. The lowest BCUT2D eigenvalue weighted by Crippen LogP contribution is -2.24. The first-order valence-corrected chi connectivity index (χ1v) is 9.21. The second-order valence-electron chi connectivity index (χ2n) is 6.48. The molecule has 0 aliphatic rings. The molecule has 3 aromatic rings. The Hall–Kier alpha value is -4.65. The molecular weight excluding hydrogens is 398 g/mol. The van der Waals surface area contributed by atoms with Gasteiger partial charge in [-0.2, -0.15) is 10.4 Å². The fourth-order valence-corrected chi connectivity index (χ4v) is 2.91. The molecule has 1 heterocycles. The second-order valence-corrected chi connectivity index (χ2v) is 6.48. The van der Waals surface area contributed by atoms with Crippen molar-refractivity contribution in [2.75, 3.05) is 11.9 Å². The van der Waals surface area contributed by atoms with E-state index in [2.05, 4.69) is 15.7 Å². The average Bonchev–Trinajstić information content (AvgIpc) is 3.17. The number of hydrogen-bond donors (Lipinski definition) is 4. The largest absolute Gasteiger partial charge is 0.364 e. The lowest BCUT2D eigenvalue weighted by molar-refractivity contribution is 0.0953. The SMILES string of the molecule is N#CCCNC(=O)c1cccc(-c2cccc(-n3cc(NC(N)=O)c(C(N)=O)n3)c2)c1. The minimum atomic E-state index is -0.847. The molecule has 3 rings (SSSR count). The number of urea groups is 1. The summed E-state index contributed by atoms with van der Waals surface area (Å²) in [6.45, 7) is 0.276. The van der Waals surface area contributed by atoms with Gasteiger partial charge in [-0.3, -0.25) is 9.59 Å². The fraction of sp³-hybridized carbons (Fsp3) is 0.0952. The normalized spacial score (nSPS) is 10.2. The van der Waals surface area contributed by atoms with Crippen molar-refractivity contribution >= 4 is 23.5 Å². The van der Waals surface area contributed by atoms with E-state index in [1.165, 1.54) is 10.9 Å². The standard InChI is InChI=1S/C21H19N7O3/c22-8-3-9-25-20(30)15-6-1-4-13(10-15)14-5-2-7-16(11-14)28-12-17(26-21(24)31)18(27-28)19(23)29/h1-2,4-7,10-12H,3,9H2,(H2,23,29)(H,25,30)(H3,24,26,31). The van der Waals surface area contributed by atoms with E-state index in [-0.39, 0.29) is 30.3 Å². The third-order valence-electron chi connectivity index (χ3n) is 4.30. The van der Waals surface area contributed by atoms with Gasteiger partial charge in [-0.1, -0.05) is 24.3 Å².